The van der Waals surface area contributed by atoms with E-state index in [0.29, 0.717) is 22.8 Å². The standard InChI is InChI=1S/C27H26F3N3O.C2HF3O2/c28-27(29,30)23-8-9-24-25(15-23)32-26(31-24)22-3-1-2-21(14-22)20-6-4-18(5-7-20)16-33-12-10-19(17-34)11-13-33;3-2(4,5)1(6)7/h1-9,14-15,19,34H,10-13,16-17H2,(H,31,32);(H,6,7). The van der Waals surface area contributed by atoms with Crippen molar-refractivity contribution in [3.05, 3.63) is 77.9 Å². The first kappa shape index (κ1) is 30.1. The minimum atomic E-state index is -5.08. The van der Waals surface area contributed by atoms with Crippen molar-refractivity contribution in [2.45, 2.75) is 31.7 Å². The summed E-state index contributed by atoms with van der Waals surface area (Å²) in [5.41, 5.74) is 4.33. The summed E-state index contributed by atoms with van der Waals surface area (Å²) in [4.78, 5) is 18.8. The molecule has 3 aromatic carbocycles. The van der Waals surface area contributed by atoms with Gasteiger partial charge in [0, 0.05) is 18.7 Å². The molecule has 0 aliphatic carbocycles. The molecule has 1 saturated heterocycles. The Labute approximate surface area is 231 Å². The van der Waals surface area contributed by atoms with E-state index >= 15 is 0 Å². The molecule has 0 spiro atoms. The number of aromatic nitrogens is 2. The molecule has 6 nitrogen and oxygen atoms in total. The van der Waals surface area contributed by atoms with E-state index in [-0.39, 0.29) is 6.61 Å². The highest BCUT2D eigenvalue weighted by Gasteiger charge is 2.38. The number of H-pyrrole nitrogens is 1. The summed E-state index contributed by atoms with van der Waals surface area (Å²) >= 11 is 0. The topological polar surface area (TPSA) is 89.4 Å². The fourth-order valence-electron chi connectivity index (χ4n) is 4.56. The van der Waals surface area contributed by atoms with Gasteiger partial charge >= 0.3 is 18.3 Å². The smallest absolute Gasteiger partial charge is 0.475 e. The van der Waals surface area contributed by atoms with Crippen LogP contribution in [0.15, 0.2) is 66.7 Å². The number of likely N-dealkylation sites (tertiary alicyclic amines) is 1. The highest BCUT2D eigenvalue weighted by molar-refractivity contribution is 5.81. The highest BCUT2D eigenvalue weighted by Crippen LogP contribution is 2.32. The molecule has 5 rings (SSSR count). The number of nitrogens with one attached hydrogen (secondary N) is 1. The first-order valence-corrected chi connectivity index (χ1v) is 12.7. The van der Waals surface area contributed by atoms with Crippen molar-refractivity contribution in [1.29, 1.82) is 0 Å². The van der Waals surface area contributed by atoms with Gasteiger partial charge in [-0.05, 0) is 72.8 Å². The number of nitrogens with zero attached hydrogens (tertiary/aromatic N) is 2. The van der Waals surface area contributed by atoms with E-state index in [0.717, 1.165) is 61.3 Å². The maximum atomic E-state index is 13.0. The minimum absolute atomic E-state index is 0.282. The SMILES string of the molecule is O=C(O)C(F)(F)F.OCC1CCN(Cc2ccc(-c3cccc(-c4nc5ccc(C(F)(F)F)cc5[nH]4)c3)cc2)CC1. The quantitative estimate of drug-likeness (QED) is 0.228. The number of piperidine rings is 1. The minimum Gasteiger partial charge on any atom is -0.475 e. The normalized spacial score (nSPS) is 15.0. The predicted octanol–water partition coefficient (Wildman–Crippen LogP) is 6.75. The molecule has 218 valence electrons. The zero-order chi connectivity index (χ0) is 29.8. The summed E-state index contributed by atoms with van der Waals surface area (Å²) in [7, 11) is 0. The Hall–Kier alpha value is -3.90. The predicted molar refractivity (Wildman–Crippen MR) is 141 cm³/mol. The van der Waals surface area contributed by atoms with E-state index in [4.69, 9.17) is 9.90 Å². The molecular formula is C29H27F6N3O3. The van der Waals surface area contributed by atoms with Crippen LogP contribution in [0.25, 0.3) is 33.5 Å². The number of carboxylic acid groups (broad SMARTS) is 1. The average molecular weight is 580 g/mol. The van der Waals surface area contributed by atoms with Crippen molar-refractivity contribution < 1.29 is 41.4 Å². The van der Waals surface area contributed by atoms with Crippen LogP contribution in [0.1, 0.15) is 24.0 Å². The largest absolute Gasteiger partial charge is 0.490 e. The fraction of sp³-hybridized carbons (Fsp3) is 0.310. The third kappa shape index (κ3) is 7.86. The molecule has 1 fully saturated rings. The first-order valence-electron chi connectivity index (χ1n) is 12.7. The summed E-state index contributed by atoms with van der Waals surface area (Å²) < 4.78 is 70.8. The molecule has 1 aliphatic rings. The van der Waals surface area contributed by atoms with Crippen LogP contribution in [0.4, 0.5) is 26.3 Å². The van der Waals surface area contributed by atoms with E-state index < -0.39 is 23.9 Å². The van der Waals surface area contributed by atoms with E-state index in [1.165, 1.54) is 11.6 Å². The Kier molecular flexibility index (Phi) is 9.03. The molecular weight excluding hydrogens is 552 g/mol. The van der Waals surface area contributed by atoms with E-state index in [1.807, 2.05) is 24.3 Å². The number of imidazole rings is 1. The maximum absolute atomic E-state index is 13.0. The van der Waals surface area contributed by atoms with Gasteiger partial charge in [0.1, 0.15) is 5.82 Å². The van der Waals surface area contributed by atoms with Gasteiger partial charge in [0.25, 0.3) is 0 Å². The van der Waals surface area contributed by atoms with Crippen molar-refractivity contribution in [1.82, 2.24) is 14.9 Å². The second-order valence-electron chi connectivity index (χ2n) is 9.80. The molecule has 0 atom stereocenters. The summed E-state index contributed by atoms with van der Waals surface area (Å²) in [6.45, 7) is 3.20. The summed E-state index contributed by atoms with van der Waals surface area (Å²) in [6, 6.07) is 19.9. The lowest BCUT2D eigenvalue weighted by Gasteiger charge is -2.31. The number of rotatable bonds is 5. The average Bonchev–Trinajstić information content (AvgIpc) is 3.37. The number of aliphatic hydroxyl groups is 1. The number of carboxylic acids is 1. The number of hydrogen-bond donors (Lipinski definition) is 3. The molecule has 0 radical (unpaired) electrons. The Bertz CT molecular complexity index is 1470. The lowest BCUT2D eigenvalue weighted by molar-refractivity contribution is -0.192. The molecule has 1 aliphatic heterocycles. The summed E-state index contributed by atoms with van der Waals surface area (Å²) in [6.07, 6.45) is -7.39. The van der Waals surface area contributed by atoms with Crippen molar-refractivity contribution in [2.75, 3.05) is 19.7 Å². The van der Waals surface area contributed by atoms with Crippen LogP contribution >= 0.6 is 0 Å². The van der Waals surface area contributed by atoms with Gasteiger partial charge in [0.2, 0.25) is 0 Å². The van der Waals surface area contributed by atoms with Crippen molar-refractivity contribution in [3.63, 3.8) is 0 Å². The lowest BCUT2D eigenvalue weighted by Crippen LogP contribution is -2.34. The number of benzene rings is 3. The van der Waals surface area contributed by atoms with E-state index in [2.05, 4.69) is 39.1 Å². The molecule has 41 heavy (non-hydrogen) atoms. The maximum Gasteiger partial charge on any atom is 0.490 e. The lowest BCUT2D eigenvalue weighted by atomic mass is 9.97. The number of aliphatic carboxylic acids is 1. The number of fused-ring (bicyclic) bond motifs is 1. The van der Waals surface area contributed by atoms with Gasteiger partial charge in [-0.15, -0.1) is 0 Å². The van der Waals surface area contributed by atoms with Gasteiger partial charge in [-0.25, -0.2) is 9.78 Å². The first-order chi connectivity index (χ1) is 19.3. The number of aliphatic hydroxyl groups excluding tert-OH is 1. The Morgan fingerprint density at radius 3 is 2.12 bits per heavy atom. The summed E-state index contributed by atoms with van der Waals surface area (Å²) in [5.74, 6) is -1.78. The Morgan fingerprint density at radius 1 is 0.902 bits per heavy atom. The van der Waals surface area contributed by atoms with Gasteiger partial charge in [0.15, 0.2) is 0 Å². The third-order valence-corrected chi connectivity index (χ3v) is 6.85. The van der Waals surface area contributed by atoms with Crippen LogP contribution in [-0.4, -0.2) is 56.9 Å². The second kappa shape index (κ2) is 12.3. The molecule has 0 amide bonds. The van der Waals surface area contributed by atoms with Crippen LogP contribution < -0.4 is 0 Å². The Balaban J connectivity index is 0.000000493. The number of aromatic amines is 1. The van der Waals surface area contributed by atoms with Crippen molar-refractivity contribution >= 4 is 17.0 Å². The zero-order valence-electron chi connectivity index (χ0n) is 21.6. The van der Waals surface area contributed by atoms with Crippen LogP contribution in [0.3, 0.4) is 0 Å². The van der Waals surface area contributed by atoms with Crippen molar-refractivity contribution in [2.24, 2.45) is 5.92 Å². The Morgan fingerprint density at radius 2 is 1.54 bits per heavy atom. The molecule has 3 N–H and O–H groups in total. The van der Waals surface area contributed by atoms with Gasteiger partial charge in [0.05, 0.1) is 16.6 Å². The van der Waals surface area contributed by atoms with E-state index in [1.54, 1.807) is 0 Å². The molecule has 0 bridgehead atoms. The highest BCUT2D eigenvalue weighted by atomic mass is 19.4. The zero-order valence-corrected chi connectivity index (χ0v) is 21.6. The molecule has 4 aromatic rings. The number of halogens is 6. The van der Waals surface area contributed by atoms with Crippen LogP contribution in [-0.2, 0) is 17.5 Å². The fourth-order valence-corrected chi connectivity index (χ4v) is 4.56. The van der Waals surface area contributed by atoms with Crippen LogP contribution in [0, 0.1) is 5.92 Å². The van der Waals surface area contributed by atoms with Gasteiger partial charge < -0.3 is 15.2 Å². The van der Waals surface area contributed by atoms with Crippen molar-refractivity contribution in [3.8, 4) is 22.5 Å². The van der Waals surface area contributed by atoms with Gasteiger partial charge in [-0.1, -0.05) is 42.5 Å². The molecule has 2 heterocycles. The molecule has 0 unspecified atom stereocenters. The molecule has 1 aromatic heterocycles. The molecule has 12 heteroatoms. The van der Waals surface area contributed by atoms with Gasteiger partial charge in [-0.3, -0.25) is 4.90 Å². The van der Waals surface area contributed by atoms with Crippen LogP contribution in [0.5, 0.6) is 0 Å². The monoisotopic (exact) mass is 579 g/mol. The van der Waals surface area contributed by atoms with Crippen LogP contribution in [0.2, 0.25) is 0 Å². The number of carbonyl (C=O) groups is 1. The molecule has 0 saturated carbocycles. The summed E-state index contributed by atoms with van der Waals surface area (Å²) in [5, 5.41) is 16.4. The number of alkyl halides is 6. The van der Waals surface area contributed by atoms with E-state index in [9.17, 15) is 31.4 Å². The second-order valence-corrected chi connectivity index (χ2v) is 9.80. The van der Waals surface area contributed by atoms with Gasteiger partial charge in [-0.2, -0.15) is 26.3 Å². The third-order valence-electron chi connectivity index (χ3n) is 6.85. The number of hydrogen-bond acceptors (Lipinski definition) is 4.